The van der Waals surface area contributed by atoms with Gasteiger partial charge >= 0.3 is 6.09 Å². The lowest BCUT2D eigenvalue weighted by Gasteiger charge is -2.36. The lowest BCUT2D eigenvalue weighted by Crippen LogP contribution is -2.39. The second kappa shape index (κ2) is 3.47. The van der Waals surface area contributed by atoms with Crippen LogP contribution in [0.3, 0.4) is 0 Å². The van der Waals surface area contributed by atoms with Gasteiger partial charge in [-0.25, -0.2) is 4.79 Å². The van der Waals surface area contributed by atoms with E-state index >= 15 is 0 Å². The second-order valence-corrected chi connectivity index (χ2v) is 5.89. The van der Waals surface area contributed by atoms with E-state index in [2.05, 4.69) is 0 Å². The van der Waals surface area contributed by atoms with Gasteiger partial charge in [0, 0.05) is 12.0 Å². The molecular formula is C12H19NO3. The molecule has 0 aromatic rings. The molecule has 1 saturated carbocycles. The first-order valence-electron chi connectivity index (χ1n) is 5.84. The molecule has 4 nitrogen and oxygen atoms in total. The summed E-state index contributed by atoms with van der Waals surface area (Å²) in [5, 5.41) is 0. The van der Waals surface area contributed by atoms with Crippen molar-refractivity contribution in [1.82, 2.24) is 4.90 Å². The number of ether oxygens (including phenoxy) is 1. The molecule has 2 aliphatic rings. The first-order chi connectivity index (χ1) is 7.32. The van der Waals surface area contributed by atoms with E-state index in [1.54, 1.807) is 4.90 Å². The summed E-state index contributed by atoms with van der Waals surface area (Å²) in [7, 11) is 0. The van der Waals surface area contributed by atoms with Crippen LogP contribution < -0.4 is 0 Å². The van der Waals surface area contributed by atoms with E-state index < -0.39 is 5.60 Å². The highest BCUT2D eigenvalue weighted by Crippen LogP contribution is 2.45. The highest BCUT2D eigenvalue weighted by atomic mass is 16.6. The quantitative estimate of drug-likeness (QED) is 0.633. The zero-order valence-electron chi connectivity index (χ0n) is 10.2. The summed E-state index contributed by atoms with van der Waals surface area (Å²) in [6, 6.07) is 0. The molecule has 90 valence electrons. The van der Waals surface area contributed by atoms with Crippen LogP contribution in [0.5, 0.6) is 0 Å². The lowest BCUT2D eigenvalue weighted by molar-refractivity contribution is -0.128. The van der Waals surface area contributed by atoms with Gasteiger partial charge < -0.3 is 4.74 Å². The molecule has 16 heavy (non-hydrogen) atoms. The molecule has 0 unspecified atom stereocenters. The number of ketones is 1. The molecule has 4 heteroatoms. The average Bonchev–Trinajstić information content (AvgIpc) is 2.39. The maximum Gasteiger partial charge on any atom is 0.410 e. The predicted octanol–water partition coefficient (Wildman–Crippen LogP) is 1.98. The Labute approximate surface area is 95.9 Å². The van der Waals surface area contributed by atoms with Crippen LogP contribution in [-0.2, 0) is 9.53 Å². The Morgan fingerprint density at radius 3 is 2.38 bits per heavy atom. The number of rotatable bonds is 0. The number of carbonyl (C=O) groups is 2. The van der Waals surface area contributed by atoms with E-state index in [4.69, 9.17) is 4.74 Å². The fraction of sp³-hybridized carbons (Fsp3) is 0.833. The molecular weight excluding hydrogens is 206 g/mol. The number of Topliss-reactive ketones (excluding diaryl/α,β-unsaturated/α-hetero) is 1. The van der Waals surface area contributed by atoms with E-state index in [1.807, 2.05) is 20.8 Å². The van der Waals surface area contributed by atoms with Crippen molar-refractivity contribution < 1.29 is 14.3 Å². The highest BCUT2D eigenvalue weighted by Gasteiger charge is 2.51. The molecule has 1 aliphatic carbocycles. The van der Waals surface area contributed by atoms with Gasteiger partial charge in [0.05, 0.1) is 6.54 Å². The second-order valence-electron chi connectivity index (χ2n) is 5.89. The fourth-order valence-corrected chi connectivity index (χ4v) is 2.35. The minimum absolute atomic E-state index is 0.211. The van der Waals surface area contributed by atoms with Crippen LogP contribution in [0.2, 0.25) is 0 Å². The molecule has 1 heterocycles. The Kier molecular flexibility index (Phi) is 2.48. The molecule has 1 amide bonds. The van der Waals surface area contributed by atoms with E-state index in [9.17, 15) is 9.59 Å². The normalized spacial score (nSPS) is 23.4. The minimum atomic E-state index is -0.491. The zero-order chi connectivity index (χ0) is 12.0. The summed E-state index contributed by atoms with van der Waals surface area (Å²) in [5.41, 5.74) is -0.702. The molecule has 1 spiro atoms. The topological polar surface area (TPSA) is 46.6 Å². The summed E-state index contributed by atoms with van der Waals surface area (Å²) in [6.45, 7) is 6.29. The molecule has 0 atom stereocenters. The fourth-order valence-electron chi connectivity index (χ4n) is 2.35. The number of amides is 1. The SMILES string of the molecule is CC(C)(C)OC(=O)N1CC(=O)C2(CCC2)C1. The molecule has 1 saturated heterocycles. The van der Waals surface area contributed by atoms with Gasteiger partial charge in [-0.05, 0) is 33.6 Å². The van der Waals surface area contributed by atoms with Crippen LogP contribution in [-0.4, -0.2) is 35.5 Å². The smallest absolute Gasteiger partial charge is 0.410 e. The first-order valence-corrected chi connectivity index (χ1v) is 5.84. The van der Waals surface area contributed by atoms with Crippen molar-refractivity contribution in [2.75, 3.05) is 13.1 Å². The standard InChI is InChI=1S/C12H19NO3/c1-11(2,3)16-10(15)13-7-9(14)12(8-13)5-4-6-12/h4-8H2,1-3H3. The van der Waals surface area contributed by atoms with Crippen molar-refractivity contribution in [3.63, 3.8) is 0 Å². The number of hydrogen-bond acceptors (Lipinski definition) is 3. The summed E-state index contributed by atoms with van der Waals surface area (Å²) >= 11 is 0. The lowest BCUT2D eigenvalue weighted by atomic mass is 9.68. The largest absolute Gasteiger partial charge is 0.444 e. The van der Waals surface area contributed by atoms with Crippen LogP contribution in [0, 0.1) is 5.41 Å². The van der Waals surface area contributed by atoms with E-state index in [0.717, 1.165) is 19.3 Å². The van der Waals surface area contributed by atoms with E-state index in [0.29, 0.717) is 6.54 Å². The minimum Gasteiger partial charge on any atom is -0.444 e. The molecule has 0 aromatic carbocycles. The maximum absolute atomic E-state index is 11.8. The zero-order valence-corrected chi connectivity index (χ0v) is 10.2. The van der Waals surface area contributed by atoms with Crippen molar-refractivity contribution in [2.24, 2.45) is 5.41 Å². The number of nitrogens with zero attached hydrogens (tertiary/aromatic N) is 1. The number of carbonyl (C=O) groups excluding carboxylic acids is 2. The first kappa shape index (κ1) is 11.4. The number of hydrogen-bond donors (Lipinski definition) is 0. The van der Waals surface area contributed by atoms with Crippen molar-refractivity contribution in [3.05, 3.63) is 0 Å². The van der Waals surface area contributed by atoms with Crippen molar-refractivity contribution in [1.29, 1.82) is 0 Å². The maximum atomic E-state index is 11.8. The summed E-state index contributed by atoms with van der Waals surface area (Å²) < 4.78 is 5.27. The highest BCUT2D eigenvalue weighted by molar-refractivity contribution is 5.93. The third-order valence-corrected chi connectivity index (χ3v) is 3.38. The molecule has 0 aromatic heterocycles. The van der Waals surface area contributed by atoms with E-state index in [-0.39, 0.29) is 23.8 Å². The number of likely N-dealkylation sites (tertiary alicyclic amines) is 1. The molecule has 0 N–H and O–H groups in total. The van der Waals surface area contributed by atoms with Crippen LogP contribution in [0.25, 0.3) is 0 Å². The molecule has 2 rings (SSSR count). The van der Waals surface area contributed by atoms with Crippen LogP contribution in [0.15, 0.2) is 0 Å². The molecule has 2 fully saturated rings. The predicted molar refractivity (Wildman–Crippen MR) is 59.1 cm³/mol. The van der Waals surface area contributed by atoms with Crippen molar-refractivity contribution in [3.8, 4) is 0 Å². The van der Waals surface area contributed by atoms with Crippen LogP contribution in [0.1, 0.15) is 40.0 Å². The van der Waals surface area contributed by atoms with E-state index in [1.165, 1.54) is 0 Å². The third kappa shape index (κ3) is 1.93. The monoisotopic (exact) mass is 225 g/mol. The summed E-state index contributed by atoms with van der Waals surface area (Å²) in [4.78, 5) is 25.1. The Hall–Kier alpha value is -1.06. The Balaban J connectivity index is 1.98. The molecule has 0 radical (unpaired) electrons. The Bertz CT molecular complexity index is 326. The van der Waals surface area contributed by atoms with Gasteiger partial charge in [-0.15, -0.1) is 0 Å². The van der Waals surface area contributed by atoms with Gasteiger partial charge in [0.15, 0.2) is 5.78 Å². The van der Waals surface area contributed by atoms with Gasteiger partial charge in [-0.3, -0.25) is 9.69 Å². The van der Waals surface area contributed by atoms with Gasteiger partial charge in [0.25, 0.3) is 0 Å². The molecule has 1 aliphatic heterocycles. The van der Waals surface area contributed by atoms with Gasteiger partial charge in [0.2, 0.25) is 0 Å². The van der Waals surface area contributed by atoms with Crippen LogP contribution in [0.4, 0.5) is 4.79 Å². The average molecular weight is 225 g/mol. The van der Waals surface area contributed by atoms with Gasteiger partial charge in [-0.1, -0.05) is 6.42 Å². The third-order valence-electron chi connectivity index (χ3n) is 3.38. The van der Waals surface area contributed by atoms with Gasteiger partial charge in [-0.2, -0.15) is 0 Å². The summed E-state index contributed by atoms with van der Waals surface area (Å²) in [6.07, 6.45) is 2.62. The Morgan fingerprint density at radius 1 is 1.38 bits per heavy atom. The summed E-state index contributed by atoms with van der Waals surface area (Å²) in [5.74, 6) is 0.213. The molecule has 0 bridgehead atoms. The van der Waals surface area contributed by atoms with Crippen LogP contribution >= 0.6 is 0 Å². The van der Waals surface area contributed by atoms with Crippen molar-refractivity contribution in [2.45, 2.75) is 45.6 Å². The Morgan fingerprint density at radius 2 is 2.00 bits per heavy atom. The van der Waals surface area contributed by atoms with Crippen molar-refractivity contribution >= 4 is 11.9 Å². The van der Waals surface area contributed by atoms with Gasteiger partial charge in [0.1, 0.15) is 5.60 Å².